The van der Waals surface area contributed by atoms with Gasteiger partial charge < -0.3 is 5.32 Å². The van der Waals surface area contributed by atoms with Crippen LogP contribution in [0.2, 0.25) is 0 Å². The summed E-state index contributed by atoms with van der Waals surface area (Å²) in [5, 5.41) is 14.0. The summed E-state index contributed by atoms with van der Waals surface area (Å²) in [6, 6.07) is 12.5. The summed E-state index contributed by atoms with van der Waals surface area (Å²) in [5.41, 5.74) is 3.11. The van der Waals surface area contributed by atoms with Crippen LogP contribution in [-0.4, -0.2) is 43.9 Å². The third kappa shape index (κ3) is 3.77. The van der Waals surface area contributed by atoms with Gasteiger partial charge in [0.25, 0.3) is 5.56 Å². The first kappa shape index (κ1) is 20.6. The maximum Gasteiger partial charge on any atom is 0.321 e. The summed E-state index contributed by atoms with van der Waals surface area (Å²) in [4.78, 5) is 36.8. The Kier molecular flexibility index (Phi) is 5.47. The van der Waals surface area contributed by atoms with Crippen LogP contribution in [0.5, 0.6) is 0 Å². The first-order chi connectivity index (χ1) is 14.9. The molecule has 0 spiro atoms. The summed E-state index contributed by atoms with van der Waals surface area (Å²) in [5.74, 6) is -0.148. The van der Waals surface area contributed by atoms with Crippen molar-refractivity contribution in [3.05, 3.63) is 63.9 Å². The first-order valence-corrected chi connectivity index (χ1v) is 10.5. The maximum absolute atomic E-state index is 13.4. The molecule has 0 saturated heterocycles. The number of thioether (sulfide) groups is 1. The fourth-order valence-electron chi connectivity index (χ4n) is 3.30. The van der Waals surface area contributed by atoms with Crippen LogP contribution < -0.4 is 16.2 Å². The molecule has 31 heavy (non-hydrogen) atoms. The molecule has 2 N–H and O–H groups in total. The van der Waals surface area contributed by atoms with Gasteiger partial charge in [-0.15, -0.1) is 10.2 Å². The fraction of sp³-hybridized carbons (Fsp3) is 0.190. The van der Waals surface area contributed by atoms with Gasteiger partial charge in [-0.05, 0) is 43.2 Å². The largest absolute Gasteiger partial charge is 0.341 e. The van der Waals surface area contributed by atoms with E-state index in [1.807, 2.05) is 44.2 Å². The van der Waals surface area contributed by atoms with Gasteiger partial charge in [0.05, 0.1) is 22.3 Å². The minimum absolute atomic E-state index is 0.0366. The third-order valence-electron chi connectivity index (χ3n) is 4.81. The van der Waals surface area contributed by atoms with E-state index in [4.69, 9.17) is 0 Å². The molecule has 0 aliphatic heterocycles. The summed E-state index contributed by atoms with van der Waals surface area (Å²) < 4.78 is 3.31. The molecule has 0 atom stereocenters. The third-order valence-corrected chi connectivity index (χ3v) is 5.74. The van der Waals surface area contributed by atoms with E-state index in [-0.39, 0.29) is 11.3 Å². The van der Waals surface area contributed by atoms with E-state index in [0.717, 1.165) is 28.6 Å². The Balaban J connectivity index is 1.89. The van der Waals surface area contributed by atoms with Gasteiger partial charge in [0.1, 0.15) is 0 Å². The lowest BCUT2D eigenvalue weighted by molar-refractivity contribution is -0.117. The number of nitrogens with one attached hydrogen (secondary N) is 2. The van der Waals surface area contributed by atoms with Gasteiger partial charge in [-0.3, -0.25) is 19.3 Å². The molecule has 0 aliphatic rings. The first-order valence-electron chi connectivity index (χ1n) is 9.51. The Bertz CT molecular complexity index is 1390. The Labute approximate surface area is 181 Å². The second-order valence-corrected chi connectivity index (χ2v) is 7.92. The molecule has 0 fully saturated rings. The molecule has 2 aromatic heterocycles. The molecule has 158 valence electrons. The highest BCUT2D eigenvalue weighted by molar-refractivity contribution is 7.99. The van der Waals surface area contributed by atoms with E-state index in [0.29, 0.717) is 21.8 Å². The van der Waals surface area contributed by atoms with Gasteiger partial charge >= 0.3 is 6.03 Å². The predicted octanol–water partition coefficient (Wildman–Crippen LogP) is 2.20. The van der Waals surface area contributed by atoms with E-state index >= 15 is 0 Å². The normalized spacial score (nSPS) is 11.1. The van der Waals surface area contributed by atoms with E-state index in [9.17, 15) is 14.4 Å². The van der Waals surface area contributed by atoms with Crippen molar-refractivity contribution in [1.29, 1.82) is 0 Å². The number of amides is 3. The zero-order valence-electron chi connectivity index (χ0n) is 17.2. The number of carbonyl (C=O) groups is 2. The van der Waals surface area contributed by atoms with Gasteiger partial charge in [0.2, 0.25) is 11.7 Å². The molecule has 0 unspecified atom stereocenters. The van der Waals surface area contributed by atoms with Crippen molar-refractivity contribution in [3.8, 4) is 5.69 Å². The number of urea groups is 1. The lowest BCUT2D eigenvalue weighted by Crippen LogP contribution is -2.38. The van der Waals surface area contributed by atoms with Gasteiger partial charge in [-0.2, -0.15) is 0 Å². The molecule has 4 rings (SSSR count). The molecule has 0 bridgehead atoms. The van der Waals surface area contributed by atoms with E-state index < -0.39 is 11.9 Å². The number of imide groups is 1. The van der Waals surface area contributed by atoms with Crippen LogP contribution in [0.25, 0.3) is 22.4 Å². The number of hydrogen-bond acceptors (Lipinski definition) is 6. The van der Waals surface area contributed by atoms with Crippen molar-refractivity contribution in [3.63, 3.8) is 0 Å². The van der Waals surface area contributed by atoms with E-state index in [1.165, 1.54) is 7.05 Å². The molecule has 2 heterocycles. The standard InChI is InChI=1S/C21H20N6O3S/c1-12-8-9-13(2)16(10-12)26-18(29)14-6-4-5-7-15(14)27-20(26)24-25-21(27)31-11-17(28)23-19(30)22-3/h4-10H,11H2,1-3H3,(H2,22,23,28,30). The summed E-state index contributed by atoms with van der Waals surface area (Å²) >= 11 is 1.13. The molecule has 10 heteroatoms. The monoisotopic (exact) mass is 436 g/mol. The molecule has 0 aliphatic carbocycles. The summed E-state index contributed by atoms with van der Waals surface area (Å²) in [7, 11) is 1.43. The molecular formula is C21H20N6O3S. The van der Waals surface area contributed by atoms with Crippen molar-refractivity contribution in [2.45, 2.75) is 19.0 Å². The van der Waals surface area contributed by atoms with E-state index in [1.54, 1.807) is 21.1 Å². The number of aromatic nitrogens is 4. The Morgan fingerprint density at radius 3 is 2.65 bits per heavy atom. The number of nitrogens with zero attached hydrogens (tertiary/aromatic N) is 4. The average molecular weight is 436 g/mol. The van der Waals surface area contributed by atoms with Gasteiger partial charge in [0.15, 0.2) is 5.16 Å². The number of hydrogen-bond donors (Lipinski definition) is 2. The second kappa shape index (κ2) is 8.23. The van der Waals surface area contributed by atoms with Crippen molar-refractivity contribution in [2.75, 3.05) is 12.8 Å². The number of carbonyl (C=O) groups excluding carboxylic acids is 2. The van der Waals surface area contributed by atoms with Crippen molar-refractivity contribution in [2.24, 2.45) is 0 Å². The molecule has 2 aromatic carbocycles. The smallest absolute Gasteiger partial charge is 0.321 e. The highest BCUT2D eigenvalue weighted by Gasteiger charge is 2.19. The molecule has 3 amide bonds. The maximum atomic E-state index is 13.4. The van der Waals surface area contributed by atoms with Crippen molar-refractivity contribution in [1.82, 2.24) is 29.8 Å². The number of fused-ring (bicyclic) bond motifs is 3. The quantitative estimate of drug-likeness (QED) is 0.475. The Morgan fingerprint density at radius 2 is 1.87 bits per heavy atom. The van der Waals surface area contributed by atoms with Crippen molar-refractivity contribution < 1.29 is 9.59 Å². The topological polar surface area (TPSA) is 110 Å². The Morgan fingerprint density at radius 1 is 1.10 bits per heavy atom. The molecule has 9 nitrogen and oxygen atoms in total. The van der Waals surface area contributed by atoms with Crippen LogP contribution in [-0.2, 0) is 4.79 Å². The van der Waals surface area contributed by atoms with Crippen LogP contribution in [0.1, 0.15) is 11.1 Å². The second-order valence-electron chi connectivity index (χ2n) is 6.98. The number of aryl methyl sites for hydroxylation is 2. The lowest BCUT2D eigenvalue weighted by atomic mass is 10.1. The van der Waals surface area contributed by atoms with Gasteiger partial charge in [-0.1, -0.05) is 36.0 Å². The van der Waals surface area contributed by atoms with Crippen LogP contribution in [0.4, 0.5) is 4.79 Å². The average Bonchev–Trinajstić information content (AvgIpc) is 3.18. The predicted molar refractivity (Wildman–Crippen MR) is 119 cm³/mol. The summed E-state index contributed by atoms with van der Waals surface area (Å²) in [6.45, 7) is 3.89. The van der Waals surface area contributed by atoms with Crippen LogP contribution in [0.3, 0.4) is 0 Å². The van der Waals surface area contributed by atoms with E-state index in [2.05, 4.69) is 20.8 Å². The van der Waals surface area contributed by atoms with Crippen LogP contribution in [0, 0.1) is 13.8 Å². The highest BCUT2D eigenvalue weighted by atomic mass is 32.2. The summed E-state index contributed by atoms with van der Waals surface area (Å²) in [6.07, 6.45) is 0. The zero-order valence-corrected chi connectivity index (χ0v) is 18.0. The van der Waals surface area contributed by atoms with Crippen molar-refractivity contribution >= 4 is 40.4 Å². The minimum atomic E-state index is -0.578. The van der Waals surface area contributed by atoms with Crippen LogP contribution >= 0.6 is 11.8 Å². The molecule has 0 saturated carbocycles. The molecular weight excluding hydrogens is 416 g/mol. The fourth-order valence-corrected chi connectivity index (χ4v) is 4.04. The zero-order chi connectivity index (χ0) is 22.1. The number of rotatable bonds is 4. The highest BCUT2D eigenvalue weighted by Crippen LogP contribution is 2.24. The van der Waals surface area contributed by atoms with Crippen LogP contribution in [0.15, 0.2) is 52.4 Å². The SMILES string of the molecule is CNC(=O)NC(=O)CSc1nnc2n(-c3cc(C)ccc3C)c(=O)c3ccccc3n12. The molecule has 0 radical (unpaired) electrons. The lowest BCUT2D eigenvalue weighted by Gasteiger charge is -2.14. The molecule has 4 aromatic rings. The Hall–Kier alpha value is -3.66. The minimum Gasteiger partial charge on any atom is -0.341 e. The number of benzene rings is 2. The van der Waals surface area contributed by atoms with Gasteiger partial charge in [0, 0.05) is 7.05 Å². The van der Waals surface area contributed by atoms with Gasteiger partial charge in [-0.25, -0.2) is 9.36 Å². The number of para-hydroxylation sites is 1.